The monoisotopic (exact) mass is 328 g/mol. The summed E-state index contributed by atoms with van der Waals surface area (Å²) in [5.41, 5.74) is 4.30. The van der Waals surface area contributed by atoms with Crippen LogP contribution in [0.3, 0.4) is 0 Å². The van der Waals surface area contributed by atoms with Crippen LogP contribution in [0.5, 0.6) is 5.75 Å². The molecule has 2 rings (SSSR count). The highest BCUT2D eigenvalue weighted by Crippen LogP contribution is 2.25. The van der Waals surface area contributed by atoms with Crippen molar-refractivity contribution >= 4 is 23.3 Å². The van der Waals surface area contributed by atoms with E-state index >= 15 is 0 Å². The van der Waals surface area contributed by atoms with Gasteiger partial charge in [-0.1, -0.05) is 36.4 Å². The van der Waals surface area contributed by atoms with Gasteiger partial charge in [0.15, 0.2) is 0 Å². The van der Waals surface area contributed by atoms with Gasteiger partial charge < -0.3 is 9.47 Å². The van der Waals surface area contributed by atoms with Gasteiger partial charge in [-0.15, -0.1) is 12.6 Å². The zero-order valence-electron chi connectivity index (χ0n) is 13.5. The highest BCUT2D eigenvalue weighted by atomic mass is 32.1. The molecule has 120 valence electrons. The standard InChI is InChI=1S/C19H20O3S/c1-13-8-9-14(2)18(10-13)22-11-15-6-4-5-7-16(15)17(12-21-3)19(20)23/h4-10,12H,11H2,1-3H3,(H,20,23)/b17-12-. The smallest absolute Gasteiger partial charge is 0.220 e. The molecule has 4 heteroatoms. The molecule has 0 saturated heterocycles. The van der Waals surface area contributed by atoms with Crippen molar-refractivity contribution in [3.05, 3.63) is 71.0 Å². The Kier molecular flexibility index (Phi) is 5.88. The zero-order chi connectivity index (χ0) is 16.8. The number of carbonyl (C=O) groups is 1. The zero-order valence-corrected chi connectivity index (χ0v) is 14.4. The summed E-state index contributed by atoms with van der Waals surface area (Å²) >= 11 is 3.93. The van der Waals surface area contributed by atoms with Crippen LogP contribution in [0.2, 0.25) is 0 Å². The number of hydrogen-bond acceptors (Lipinski definition) is 3. The molecular weight excluding hydrogens is 308 g/mol. The molecule has 0 N–H and O–H groups in total. The van der Waals surface area contributed by atoms with Gasteiger partial charge in [-0.2, -0.15) is 0 Å². The van der Waals surface area contributed by atoms with Crippen LogP contribution in [0, 0.1) is 13.8 Å². The predicted octanol–water partition coefficient (Wildman–Crippen LogP) is 4.33. The Labute approximate surface area is 142 Å². The number of aryl methyl sites for hydroxylation is 2. The van der Waals surface area contributed by atoms with Crippen molar-refractivity contribution in [1.82, 2.24) is 0 Å². The molecule has 0 atom stereocenters. The topological polar surface area (TPSA) is 35.5 Å². The number of thiol groups is 1. The van der Waals surface area contributed by atoms with E-state index in [1.807, 2.05) is 50.2 Å². The summed E-state index contributed by atoms with van der Waals surface area (Å²) in [4.78, 5) is 11.7. The second-order valence-corrected chi connectivity index (χ2v) is 5.69. The Morgan fingerprint density at radius 2 is 1.91 bits per heavy atom. The first kappa shape index (κ1) is 17.2. The third kappa shape index (κ3) is 4.39. The van der Waals surface area contributed by atoms with Crippen LogP contribution in [0.25, 0.3) is 5.57 Å². The third-order valence-corrected chi connectivity index (χ3v) is 3.74. The van der Waals surface area contributed by atoms with Crippen LogP contribution in [0.15, 0.2) is 48.7 Å². The molecule has 0 unspecified atom stereocenters. The van der Waals surface area contributed by atoms with Gasteiger partial charge in [0, 0.05) is 0 Å². The number of methoxy groups -OCH3 is 1. The minimum atomic E-state index is -0.342. The molecule has 2 aromatic rings. The lowest BCUT2D eigenvalue weighted by molar-refractivity contribution is -0.106. The minimum absolute atomic E-state index is 0.342. The van der Waals surface area contributed by atoms with Gasteiger partial charge >= 0.3 is 0 Å². The Hall–Kier alpha value is -2.20. The molecule has 0 aromatic heterocycles. The highest BCUT2D eigenvalue weighted by Gasteiger charge is 2.13. The van der Waals surface area contributed by atoms with Crippen molar-refractivity contribution in [2.75, 3.05) is 7.11 Å². The van der Waals surface area contributed by atoms with E-state index in [4.69, 9.17) is 9.47 Å². The maximum absolute atomic E-state index is 11.7. The molecule has 0 fully saturated rings. The summed E-state index contributed by atoms with van der Waals surface area (Å²) in [5.74, 6) is 0.842. The van der Waals surface area contributed by atoms with E-state index in [9.17, 15) is 4.79 Å². The van der Waals surface area contributed by atoms with Crippen LogP contribution in [-0.2, 0) is 16.1 Å². The molecule has 0 heterocycles. The highest BCUT2D eigenvalue weighted by molar-refractivity contribution is 7.98. The molecule has 0 saturated carbocycles. The molecule has 0 bridgehead atoms. The molecule has 23 heavy (non-hydrogen) atoms. The van der Waals surface area contributed by atoms with Crippen LogP contribution < -0.4 is 4.74 Å². The van der Waals surface area contributed by atoms with E-state index in [0.717, 1.165) is 28.0 Å². The van der Waals surface area contributed by atoms with Crippen LogP contribution in [0.1, 0.15) is 22.3 Å². The average Bonchev–Trinajstić information content (AvgIpc) is 2.53. The van der Waals surface area contributed by atoms with Gasteiger partial charge in [0.25, 0.3) is 0 Å². The van der Waals surface area contributed by atoms with Crippen molar-refractivity contribution < 1.29 is 14.3 Å². The predicted molar refractivity (Wildman–Crippen MR) is 95.7 cm³/mol. The summed E-state index contributed by atoms with van der Waals surface area (Å²) in [5, 5.41) is -0.342. The summed E-state index contributed by atoms with van der Waals surface area (Å²) in [6, 6.07) is 13.7. The first-order valence-electron chi connectivity index (χ1n) is 7.27. The van der Waals surface area contributed by atoms with Gasteiger partial charge in [0.2, 0.25) is 5.12 Å². The van der Waals surface area contributed by atoms with Gasteiger partial charge in [-0.05, 0) is 42.2 Å². The minimum Gasteiger partial charge on any atom is -0.504 e. The van der Waals surface area contributed by atoms with E-state index in [-0.39, 0.29) is 5.12 Å². The lowest BCUT2D eigenvalue weighted by Gasteiger charge is -2.13. The molecule has 2 aromatic carbocycles. The molecule has 0 amide bonds. The molecule has 3 nitrogen and oxygen atoms in total. The normalized spacial score (nSPS) is 11.2. The maximum atomic E-state index is 11.7. The van der Waals surface area contributed by atoms with Gasteiger partial charge in [-0.3, -0.25) is 4.79 Å². The first-order chi connectivity index (χ1) is 11.0. The lowest BCUT2D eigenvalue weighted by Crippen LogP contribution is -2.04. The number of rotatable bonds is 6. The molecule has 0 aliphatic heterocycles. The quantitative estimate of drug-likeness (QED) is 0.487. The summed E-state index contributed by atoms with van der Waals surface area (Å²) in [6.45, 7) is 4.40. The van der Waals surface area contributed by atoms with E-state index in [2.05, 4.69) is 18.7 Å². The molecule has 0 aliphatic rings. The Balaban J connectivity index is 2.29. The van der Waals surface area contributed by atoms with E-state index in [0.29, 0.717) is 12.2 Å². The van der Waals surface area contributed by atoms with Crippen molar-refractivity contribution in [3.63, 3.8) is 0 Å². The fourth-order valence-corrected chi connectivity index (χ4v) is 2.45. The van der Waals surface area contributed by atoms with E-state index in [1.165, 1.54) is 13.4 Å². The Bertz CT molecular complexity index is 735. The third-order valence-electron chi connectivity index (χ3n) is 3.50. The number of carbonyl (C=O) groups excluding carboxylic acids is 1. The SMILES string of the molecule is CO/C=C(\C(=O)S)c1ccccc1COc1cc(C)ccc1C. The maximum Gasteiger partial charge on any atom is 0.220 e. The largest absolute Gasteiger partial charge is 0.504 e. The second kappa shape index (κ2) is 7.88. The van der Waals surface area contributed by atoms with E-state index < -0.39 is 0 Å². The van der Waals surface area contributed by atoms with Crippen molar-refractivity contribution in [2.24, 2.45) is 0 Å². The fraction of sp³-hybridized carbons (Fsp3) is 0.211. The summed E-state index contributed by atoms with van der Waals surface area (Å²) in [6.07, 6.45) is 1.41. The second-order valence-electron chi connectivity index (χ2n) is 5.29. The fourth-order valence-electron chi connectivity index (χ4n) is 2.27. The Morgan fingerprint density at radius 3 is 2.61 bits per heavy atom. The van der Waals surface area contributed by atoms with Gasteiger partial charge in [0.05, 0.1) is 18.9 Å². The van der Waals surface area contributed by atoms with Crippen LogP contribution >= 0.6 is 12.6 Å². The van der Waals surface area contributed by atoms with Crippen LogP contribution in [-0.4, -0.2) is 12.2 Å². The van der Waals surface area contributed by atoms with E-state index in [1.54, 1.807) is 0 Å². The van der Waals surface area contributed by atoms with Crippen LogP contribution in [0.4, 0.5) is 0 Å². The summed E-state index contributed by atoms with van der Waals surface area (Å²) in [7, 11) is 1.51. The average molecular weight is 328 g/mol. The molecular formula is C19H20O3S. The van der Waals surface area contributed by atoms with Crippen molar-refractivity contribution in [1.29, 1.82) is 0 Å². The molecule has 0 spiro atoms. The van der Waals surface area contributed by atoms with Gasteiger partial charge in [-0.25, -0.2) is 0 Å². The Morgan fingerprint density at radius 1 is 1.17 bits per heavy atom. The number of benzene rings is 2. The molecule has 0 aliphatic carbocycles. The summed E-state index contributed by atoms with van der Waals surface area (Å²) < 4.78 is 10.9. The van der Waals surface area contributed by atoms with Crippen molar-refractivity contribution in [2.45, 2.75) is 20.5 Å². The lowest BCUT2D eigenvalue weighted by atomic mass is 10.0. The first-order valence-corrected chi connectivity index (χ1v) is 7.72. The molecule has 0 radical (unpaired) electrons. The number of hydrogen-bond donors (Lipinski definition) is 1. The van der Waals surface area contributed by atoms with Gasteiger partial charge in [0.1, 0.15) is 12.4 Å². The number of ether oxygens (including phenoxy) is 2. The van der Waals surface area contributed by atoms with Crippen molar-refractivity contribution in [3.8, 4) is 5.75 Å².